The zero-order chi connectivity index (χ0) is 17.3. The zero-order valence-electron chi connectivity index (χ0n) is 14.3. The van der Waals surface area contributed by atoms with Gasteiger partial charge < -0.3 is 4.74 Å². The molecule has 26 heavy (non-hydrogen) atoms. The van der Waals surface area contributed by atoms with Crippen molar-refractivity contribution in [2.75, 3.05) is 6.61 Å². The maximum absolute atomic E-state index is 5.67. The van der Waals surface area contributed by atoms with E-state index in [4.69, 9.17) is 9.72 Å². The normalized spacial score (nSPS) is 12.9. The maximum atomic E-state index is 5.67. The van der Waals surface area contributed by atoms with Crippen molar-refractivity contribution in [1.29, 1.82) is 0 Å². The Morgan fingerprint density at radius 1 is 1.00 bits per heavy atom. The summed E-state index contributed by atoms with van der Waals surface area (Å²) in [6, 6.07) is 16.5. The summed E-state index contributed by atoms with van der Waals surface area (Å²) in [5.74, 6) is 2.01. The Balaban J connectivity index is 1.48. The summed E-state index contributed by atoms with van der Waals surface area (Å²) in [5, 5.41) is 8.44. The molecule has 0 N–H and O–H groups in total. The molecule has 5 rings (SSSR count). The third kappa shape index (κ3) is 2.52. The standard InChI is InChI=1S/C21H18N4O/c1-2-5-15(6-3-1)18-13-22-20(25-14-23-24-21(18)25)10-9-16-7-4-8-19-17(16)11-12-26-19/h1-8,13-14H,9-12H2. The predicted molar refractivity (Wildman–Crippen MR) is 99.3 cm³/mol. The van der Waals surface area contributed by atoms with Gasteiger partial charge in [-0.3, -0.25) is 4.40 Å². The maximum Gasteiger partial charge on any atom is 0.171 e. The number of rotatable bonds is 4. The molecule has 0 atom stereocenters. The van der Waals surface area contributed by atoms with Gasteiger partial charge in [0.25, 0.3) is 0 Å². The van der Waals surface area contributed by atoms with Crippen molar-refractivity contribution in [3.05, 3.63) is 78.0 Å². The molecule has 0 radical (unpaired) electrons. The molecule has 4 aromatic rings. The molecule has 2 aromatic carbocycles. The minimum atomic E-state index is 0.784. The number of ether oxygens (including phenoxy) is 1. The van der Waals surface area contributed by atoms with Crippen LogP contribution in [0.25, 0.3) is 16.8 Å². The average molecular weight is 342 g/mol. The van der Waals surface area contributed by atoms with Crippen LogP contribution in [0.15, 0.2) is 61.1 Å². The minimum absolute atomic E-state index is 0.784. The second-order valence-electron chi connectivity index (χ2n) is 6.47. The lowest BCUT2D eigenvalue weighted by Gasteiger charge is -2.10. The Kier molecular flexibility index (Phi) is 3.63. The first-order valence-corrected chi connectivity index (χ1v) is 8.87. The van der Waals surface area contributed by atoms with E-state index in [1.807, 2.05) is 28.8 Å². The molecule has 3 heterocycles. The highest BCUT2D eigenvalue weighted by atomic mass is 16.5. The molecule has 5 heteroatoms. The van der Waals surface area contributed by atoms with Crippen molar-refractivity contribution in [2.45, 2.75) is 19.3 Å². The molecule has 5 nitrogen and oxygen atoms in total. The van der Waals surface area contributed by atoms with Crippen LogP contribution in [0, 0.1) is 0 Å². The fourth-order valence-corrected chi connectivity index (χ4v) is 3.65. The van der Waals surface area contributed by atoms with E-state index < -0.39 is 0 Å². The number of aromatic nitrogens is 4. The van der Waals surface area contributed by atoms with E-state index in [1.54, 1.807) is 6.33 Å². The fourth-order valence-electron chi connectivity index (χ4n) is 3.65. The number of fused-ring (bicyclic) bond motifs is 2. The Morgan fingerprint density at radius 3 is 2.85 bits per heavy atom. The number of benzene rings is 2. The van der Waals surface area contributed by atoms with Gasteiger partial charge in [-0.1, -0.05) is 42.5 Å². The largest absolute Gasteiger partial charge is 0.493 e. The third-order valence-corrected chi connectivity index (χ3v) is 4.95. The molecule has 0 saturated carbocycles. The Morgan fingerprint density at radius 2 is 1.92 bits per heavy atom. The first-order chi connectivity index (χ1) is 12.9. The Bertz CT molecular complexity index is 1070. The lowest BCUT2D eigenvalue weighted by Crippen LogP contribution is -2.04. The van der Waals surface area contributed by atoms with Crippen LogP contribution >= 0.6 is 0 Å². The van der Waals surface area contributed by atoms with E-state index in [2.05, 4.69) is 40.5 Å². The predicted octanol–water partition coefficient (Wildman–Crippen LogP) is 3.51. The number of hydrogen-bond acceptors (Lipinski definition) is 4. The van der Waals surface area contributed by atoms with Crippen LogP contribution in [0.1, 0.15) is 17.0 Å². The lowest BCUT2D eigenvalue weighted by atomic mass is 10.0. The lowest BCUT2D eigenvalue weighted by molar-refractivity contribution is 0.357. The summed E-state index contributed by atoms with van der Waals surface area (Å²) in [7, 11) is 0. The quantitative estimate of drug-likeness (QED) is 0.569. The average Bonchev–Trinajstić information content (AvgIpc) is 3.36. The second kappa shape index (κ2) is 6.26. The van der Waals surface area contributed by atoms with Crippen LogP contribution in [-0.4, -0.2) is 26.2 Å². The van der Waals surface area contributed by atoms with Crippen molar-refractivity contribution < 1.29 is 4.74 Å². The highest BCUT2D eigenvalue weighted by Gasteiger charge is 2.16. The van der Waals surface area contributed by atoms with E-state index >= 15 is 0 Å². The molecular formula is C21H18N4O. The zero-order valence-corrected chi connectivity index (χ0v) is 14.3. The molecule has 2 aromatic heterocycles. The molecule has 0 fully saturated rings. The minimum Gasteiger partial charge on any atom is -0.493 e. The molecular weight excluding hydrogens is 324 g/mol. The molecule has 1 aliphatic heterocycles. The van der Waals surface area contributed by atoms with Gasteiger partial charge in [-0.15, -0.1) is 10.2 Å². The van der Waals surface area contributed by atoms with Crippen LogP contribution in [0.4, 0.5) is 0 Å². The fraction of sp³-hybridized carbons (Fsp3) is 0.190. The highest BCUT2D eigenvalue weighted by molar-refractivity contribution is 5.76. The van der Waals surface area contributed by atoms with Gasteiger partial charge in [-0.25, -0.2) is 4.98 Å². The topological polar surface area (TPSA) is 52.3 Å². The number of nitrogens with zero attached hydrogens (tertiary/aromatic N) is 4. The SMILES string of the molecule is c1ccc(-c2cnc(CCc3cccc4c3CCO4)n3cnnc23)cc1. The Labute approximate surface area is 151 Å². The summed E-state index contributed by atoms with van der Waals surface area (Å²) in [5.41, 5.74) is 5.63. The van der Waals surface area contributed by atoms with Crippen LogP contribution in [0.3, 0.4) is 0 Å². The Hall–Kier alpha value is -3.21. The van der Waals surface area contributed by atoms with E-state index in [-0.39, 0.29) is 0 Å². The second-order valence-corrected chi connectivity index (χ2v) is 6.47. The van der Waals surface area contributed by atoms with Gasteiger partial charge in [0.05, 0.1) is 6.61 Å². The van der Waals surface area contributed by atoms with E-state index in [9.17, 15) is 0 Å². The third-order valence-electron chi connectivity index (χ3n) is 4.95. The van der Waals surface area contributed by atoms with Crippen LogP contribution in [0.2, 0.25) is 0 Å². The molecule has 0 bridgehead atoms. The molecule has 0 amide bonds. The van der Waals surface area contributed by atoms with Crippen LogP contribution in [0.5, 0.6) is 5.75 Å². The molecule has 1 aliphatic rings. The van der Waals surface area contributed by atoms with Crippen molar-refractivity contribution in [3.63, 3.8) is 0 Å². The first kappa shape index (κ1) is 15.1. The van der Waals surface area contributed by atoms with E-state index in [0.717, 1.165) is 54.2 Å². The van der Waals surface area contributed by atoms with Gasteiger partial charge >= 0.3 is 0 Å². The first-order valence-electron chi connectivity index (χ1n) is 8.87. The molecule has 128 valence electrons. The summed E-state index contributed by atoms with van der Waals surface area (Å²) >= 11 is 0. The van der Waals surface area contributed by atoms with Crippen molar-refractivity contribution >= 4 is 5.65 Å². The van der Waals surface area contributed by atoms with Crippen LogP contribution < -0.4 is 4.74 Å². The van der Waals surface area contributed by atoms with Gasteiger partial charge in [0.15, 0.2) is 5.65 Å². The smallest absolute Gasteiger partial charge is 0.171 e. The van der Waals surface area contributed by atoms with Gasteiger partial charge in [-0.05, 0) is 23.6 Å². The molecule has 0 unspecified atom stereocenters. The number of aryl methyl sites for hydroxylation is 2. The summed E-state index contributed by atoms with van der Waals surface area (Å²) in [6.45, 7) is 0.784. The molecule has 0 aliphatic carbocycles. The van der Waals surface area contributed by atoms with Crippen molar-refractivity contribution in [3.8, 4) is 16.9 Å². The van der Waals surface area contributed by atoms with Gasteiger partial charge in [-0.2, -0.15) is 0 Å². The van der Waals surface area contributed by atoms with E-state index in [1.165, 1.54) is 11.1 Å². The number of hydrogen-bond donors (Lipinski definition) is 0. The van der Waals surface area contributed by atoms with Crippen molar-refractivity contribution in [2.24, 2.45) is 0 Å². The molecule has 0 saturated heterocycles. The highest BCUT2D eigenvalue weighted by Crippen LogP contribution is 2.29. The summed E-state index contributed by atoms with van der Waals surface area (Å²) < 4.78 is 7.67. The van der Waals surface area contributed by atoms with E-state index in [0.29, 0.717) is 0 Å². The van der Waals surface area contributed by atoms with Crippen LogP contribution in [-0.2, 0) is 19.3 Å². The molecule has 0 spiro atoms. The summed E-state index contributed by atoms with van der Waals surface area (Å²) in [6.07, 6.45) is 6.42. The summed E-state index contributed by atoms with van der Waals surface area (Å²) in [4.78, 5) is 4.72. The van der Waals surface area contributed by atoms with Gasteiger partial charge in [0.2, 0.25) is 0 Å². The van der Waals surface area contributed by atoms with Crippen molar-refractivity contribution in [1.82, 2.24) is 19.6 Å². The van der Waals surface area contributed by atoms with Gasteiger partial charge in [0, 0.05) is 30.2 Å². The monoisotopic (exact) mass is 342 g/mol. The van der Waals surface area contributed by atoms with Gasteiger partial charge in [0.1, 0.15) is 17.9 Å².